The predicted octanol–water partition coefficient (Wildman–Crippen LogP) is 1.38. The van der Waals surface area contributed by atoms with Gasteiger partial charge in [0, 0.05) is 31.4 Å². The average molecular weight is 323 g/mol. The second-order valence-corrected chi connectivity index (χ2v) is 6.06. The van der Waals surface area contributed by atoms with Gasteiger partial charge in [-0.15, -0.1) is 5.10 Å². The van der Waals surface area contributed by atoms with Crippen LogP contribution in [-0.2, 0) is 0 Å². The molecule has 3 aromatic heterocycles. The summed E-state index contributed by atoms with van der Waals surface area (Å²) in [4.78, 5) is 13.8. The van der Waals surface area contributed by atoms with E-state index in [0.717, 1.165) is 38.4 Å². The van der Waals surface area contributed by atoms with Crippen LogP contribution in [0.4, 0.5) is 11.6 Å². The van der Waals surface area contributed by atoms with Gasteiger partial charge in [0.2, 0.25) is 5.82 Å². The highest BCUT2D eigenvalue weighted by atomic mass is 16.3. The number of nitrogens with zero attached hydrogens (tertiary/aromatic N) is 6. The summed E-state index contributed by atoms with van der Waals surface area (Å²) < 4.78 is 6.90. The maximum absolute atomic E-state index is 6.18. The van der Waals surface area contributed by atoms with E-state index in [1.165, 1.54) is 5.70 Å². The van der Waals surface area contributed by atoms with E-state index in [4.69, 9.17) is 10.2 Å². The van der Waals surface area contributed by atoms with Gasteiger partial charge in [-0.25, -0.2) is 0 Å². The van der Waals surface area contributed by atoms with Gasteiger partial charge < -0.3 is 20.0 Å². The molecule has 0 atom stereocenters. The lowest BCUT2D eigenvalue weighted by Crippen LogP contribution is -2.43. The average Bonchev–Trinajstić information content (AvgIpc) is 3.32. The zero-order chi connectivity index (χ0) is 16.1. The fourth-order valence-corrected chi connectivity index (χ4v) is 3.34. The van der Waals surface area contributed by atoms with Gasteiger partial charge in [-0.3, -0.25) is 0 Å². The van der Waals surface area contributed by atoms with Crippen LogP contribution < -0.4 is 10.6 Å². The summed E-state index contributed by atoms with van der Waals surface area (Å²) in [5.41, 5.74) is 7.55. The van der Waals surface area contributed by atoms with Crippen LogP contribution in [0.25, 0.3) is 17.4 Å². The van der Waals surface area contributed by atoms with Gasteiger partial charge in [-0.1, -0.05) is 6.08 Å². The topological polar surface area (TPSA) is 88.7 Å². The number of piperazine rings is 1. The van der Waals surface area contributed by atoms with Crippen molar-refractivity contribution in [1.82, 2.24) is 24.5 Å². The first-order chi connectivity index (χ1) is 11.8. The Labute approximate surface area is 138 Å². The molecule has 0 bridgehead atoms. The Bertz CT molecular complexity index is 927. The molecule has 1 fully saturated rings. The summed E-state index contributed by atoms with van der Waals surface area (Å²) >= 11 is 0. The third-order valence-corrected chi connectivity index (χ3v) is 4.57. The van der Waals surface area contributed by atoms with Gasteiger partial charge in [0.05, 0.1) is 12.8 Å². The van der Waals surface area contributed by atoms with Crippen molar-refractivity contribution in [2.45, 2.75) is 6.42 Å². The van der Waals surface area contributed by atoms with Crippen molar-refractivity contribution in [3.05, 3.63) is 36.2 Å². The SMILES string of the molecule is Nc1cc(N2CCN3CCC=C3C2)nc2nc(-c3ccco3)nn12. The van der Waals surface area contributed by atoms with Gasteiger partial charge in [0.15, 0.2) is 5.76 Å². The standard InChI is InChI=1S/C16H17N7O/c17-13-9-14(22-7-6-21-5-1-3-11(21)10-22)18-16-19-15(20-23(13)16)12-4-2-8-24-12/h2-4,8-9H,1,5-7,10,17H2. The van der Waals surface area contributed by atoms with E-state index < -0.39 is 0 Å². The van der Waals surface area contributed by atoms with Crippen molar-refractivity contribution in [2.75, 3.05) is 36.8 Å². The fourth-order valence-electron chi connectivity index (χ4n) is 3.34. The minimum absolute atomic E-state index is 0.485. The molecule has 5 rings (SSSR count). The molecule has 24 heavy (non-hydrogen) atoms. The number of nitrogen functional groups attached to an aromatic ring is 1. The van der Waals surface area contributed by atoms with E-state index in [2.05, 4.69) is 30.9 Å². The molecule has 2 N–H and O–H groups in total. The van der Waals surface area contributed by atoms with Crippen LogP contribution in [0.3, 0.4) is 0 Å². The van der Waals surface area contributed by atoms with Crippen LogP contribution in [0.1, 0.15) is 6.42 Å². The van der Waals surface area contributed by atoms with Gasteiger partial charge >= 0.3 is 0 Å². The highest BCUT2D eigenvalue weighted by Crippen LogP contribution is 2.26. The second kappa shape index (κ2) is 4.98. The fraction of sp³-hybridized carbons (Fsp3) is 0.312. The summed E-state index contributed by atoms with van der Waals surface area (Å²) in [6, 6.07) is 5.48. The highest BCUT2D eigenvalue weighted by molar-refractivity contribution is 5.58. The van der Waals surface area contributed by atoms with Crippen LogP contribution in [-0.4, -0.2) is 50.7 Å². The Hall–Kier alpha value is -3.03. The number of furan rings is 1. The molecule has 2 aliphatic rings. The summed E-state index contributed by atoms with van der Waals surface area (Å²) in [6.07, 6.45) is 5.03. The maximum atomic E-state index is 6.18. The molecule has 8 nitrogen and oxygen atoms in total. The second-order valence-electron chi connectivity index (χ2n) is 6.06. The Morgan fingerprint density at radius 3 is 2.92 bits per heavy atom. The van der Waals surface area contributed by atoms with E-state index in [1.54, 1.807) is 16.8 Å². The molecule has 0 amide bonds. The largest absolute Gasteiger partial charge is 0.461 e. The molecule has 0 saturated carbocycles. The normalized spacial score (nSPS) is 17.4. The number of hydrogen-bond acceptors (Lipinski definition) is 7. The lowest BCUT2D eigenvalue weighted by Gasteiger charge is -2.36. The van der Waals surface area contributed by atoms with Crippen molar-refractivity contribution in [3.8, 4) is 11.6 Å². The van der Waals surface area contributed by atoms with Crippen LogP contribution in [0, 0.1) is 0 Å². The molecule has 0 spiro atoms. The smallest absolute Gasteiger partial charge is 0.256 e. The lowest BCUT2D eigenvalue weighted by molar-refractivity contribution is 0.347. The number of anilines is 2. The number of fused-ring (bicyclic) bond motifs is 2. The third kappa shape index (κ3) is 2.03. The maximum Gasteiger partial charge on any atom is 0.256 e. The zero-order valence-corrected chi connectivity index (χ0v) is 13.1. The summed E-state index contributed by atoms with van der Waals surface area (Å²) in [5.74, 6) is 2.93. The molecule has 0 aliphatic carbocycles. The highest BCUT2D eigenvalue weighted by Gasteiger charge is 2.25. The molecule has 1 saturated heterocycles. The molecular weight excluding hydrogens is 306 g/mol. The van der Waals surface area contributed by atoms with E-state index >= 15 is 0 Å². The van der Waals surface area contributed by atoms with E-state index in [9.17, 15) is 0 Å². The van der Waals surface area contributed by atoms with Crippen LogP contribution in [0.5, 0.6) is 0 Å². The first-order valence-electron chi connectivity index (χ1n) is 8.04. The lowest BCUT2D eigenvalue weighted by atomic mass is 10.2. The van der Waals surface area contributed by atoms with E-state index in [0.29, 0.717) is 23.2 Å². The predicted molar refractivity (Wildman–Crippen MR) is 89.4 cm³/mol. The summed E-state index contributed by atoms with van der Waals surface area (Å²) in [5, 5.41) is 4.38. The number of hydrogen-bond donors (Lipinski definition) is 1. The molecule has 8 heteroatoms. The first kappa shape index (κ1) is 13.4. The Kier molecular flexibility index (Phi) is 2.79. The van der Waals surface area contributed by atoms with Crippen molar-refractivity contribution < 1.29 is 4.42 Å². The van der Waals surface area contributed by atoms with Crippen molar-refractivity contribution in [3.63, 3.8) is 0 Å². The minimum Gasteiger partial charge on any atom is -0.461 e. The number of nitrogens with two attached hydrogens (primary N) is 1. The Morgan fingerprint density at radius 2 is 2.04 bits per heavy atom. The Balaban J connectivity index is 1.53. The summed E-state index contributed by atoms with van der Waals surface area (Å²) in [6.45, 7) is 3.94. The quantitative estimate of drug-likeness (QED) is 0.762. The van der Waals surface area contributed by atoms with Crippen LogP contribution >= 0.6 is 0 Å². The van der Waals surface area contributed by atoms with Gasteiger partial charge in [-0.2, -0.15) is 14.5 Å². The zero-order valence-electron chi connectivity index (χ0n) is 13.1. The molecule has 5 heterocycles. The summed E-state index contributed by atoms with van der Waals surface area (Å²) in [7, 11) is 0. The van der Waals surface area contributed by atoms with Crippen molar-refractivity contribution in [2.24, 2.45) is 0 Å². The van der Waals surface area contributed by atoms with Gasteiger partial charge in [0.25, 0.3) is 5.78 Å². The molecule has 0 unspecified atom stereocenters. The Morgan fingerprint density at radius 1 is 1.12 bits per heavy atom. The van der Waals surface area contributed by atoms with Crippen LogP contribution in [0.15, 0.2) is 40.7 Å². The van der Waals surface area contributed by atoms with Gasteiger partial charge in [0.1, 0.15) is 11.6 Å². The minimum atomic E-state index is 0.485. The van der Waals surface area contributed by atoms with Crippen molar-refractivity contribution >= 4 is 17.4 Å². The molecule has 0 aromatic carbocycles. The van der Waals surface area contributed by atoms with Crippen molar-refractivity contribution in [1.29, 1.82) is 0 Å². The molecular formula is C16H17N7O. The van der Waals surface area contributed by atoms with E-state index in [1.807, 2.05) is 12.1 Å². The van der Waals surface area contributed by atoms with E-state index in [-0.39, 0.29) is 0 Å². The van der Waals surface area contributed by atoms with Gasteiger partial charge in [-0.05, 0) is 18.6 Å². The molecule has 3 aromatic rings. The van der Waals surface area contributed by atoms with Crippen LogP contribution in [0.2, 0.25) is 0 Å². The number of aromatic nitrogens is 4. The molecule has 0 radical (unpaired) electrons. The molecule has 122 valence electrons. The number of rotatable bonds is 2. The third-order valence-electron chi connectivity index (χ3n) is 4.57. The first-order valence-corrected chi connectivity index (χ1v) is 8.04. The monoisotopic (exact) mass is 323 g/mol. The molecule has 2 aliphatic heterocycles.